The molecule has 0 unspecified atom stereocenters. The fourth-order valence-electron chi connectivity index (χ4n) is 3.05. The largest absolute Gasteiger partial charge is 0.492 e. The molecule has 1 aliphatic rings. The van der Waals surface area contributed by atoms with E-state index in [0.29, 0.717) is 18.9 Å². The molecule has 6 nitrogen and oxygen atoms in total. The summed E-state index contributed by atoms with van der Waals surface area (Å²) in [4.78, 5) is 16.6. The maximum absolute atomic E-state index is 12.3. The zero-order chi connectivity index (χ0) is 18.6. The maximum atomic E-state index is 12.3. The Balaban J connectivity index is 1.35. The third-order valence-electron chi connectivity index (χ3n) is 4.64. The predicted molar refractivity (Wildman–Crippen MR) is 98.0 cm³/mol. The highest BCUT2D eigenvalue weighted by Crippen LogP contribution is 2.27. The van der Waals surface area contributed by atoms with Crippen molar-refractivity contribution in [3.63, 3.8) is 0 Å². The number of para-hydroxylation sites is 1. The first-order chi connectivity index (χ1) is 13.2. The highest BCUT2D eigenvalue weighted by atomic mass is 16.6. The number of carbonyl (C=O) groups excluding carboxylic acids is 1. The smallest absolute Gasteiger partial charge is 0.313 e. The Bertz CT molecular complexity index is 933. The number of ether oxygens (including phenoxy) is 2. The fraction of sp³-hybridized carbons (Fsp3) is 0.286. The molecule has 0 aliphatic carbocycles. The predicted octanol–water partition coefficient (Wildman–Crippen LogP) is 3.59. The molecule has 0 radical (unpaired) electrons. The molecular formula is C21H20N2O4. The van der Waals surface area contributed by atoms with Crippen molar-refractivity contribution in [2.45, 2.75) is 26.4 Å². The van der Waals surface area contributed by atoms with Gasteiger partial charge in [-0.1, -0.05) is 54.5 Å². The van der Waals surface area contributed by atoms with Crippen LogP contribution < -0.4 is 4.74 Å². The molecule has 0 saturated heterocycles. The third-order valence-corrected chi connectivity index (χ3v) is 4.64. The van der Waals surface area contributed by atoms with Crippen molar-refractivity contribution in [2.75, 3.05) is 6.61 Å². The van der Waals surface area contributed by atoms with Gasteiger partial charge < -0.3 is 14.0 Å². The van der Waals surface area contributed by atoms with Crippen LogP contribution >= 0.6 is 0 Å². The van der Waals surface area contributed by atoms with Gasteiger partial charge in [-0.2, -0.15) is 4.98 Å². The number of hydrogen-bond donors (Lipinski definition) is 0. The summed E-state index contributed by atoms with van der Waals surface area (Å²) >= 11 is 0. The molecule has 4 rings (SSSR count). The molecule has 27 heavy (non-hydrogen) atoms. The van der Waals surface area contributed by atoms with Crippen LogP contribution in [0.5, 0.6) is 5.75 Å². The second-order valence-corrected chi connectivity index (χ2v) is 6.49. The SMILES string of the molecule is CCc1ccc(-c2noc(COC(=O)[C@@H]3COc4ccccc4C3)n2)cc1. The van der Waals surface area contributed by atoms with E-state index in [9.17, 15) is 4.79 Å². The quantitative estimate of drug-likeness (QED) is 0.644. The van der Waals surface area contributed by atoms with E-state index in [1.165, 1.54) is 5.56 Å². The van der Waals surface area contributed by atoms with Crippen molar-refractivity contribution in [1.82, 2.24) is 10.1 Å². The van der Waals surface area contributed by atoms with Crippen molar-refractivity contribution in [2.24, 2.45) is 5.92 Å². The Labute approximate surface area is 157 Å². The van der Waals surface area contributed by atoms with Gasteiger partial charge in [-0.25, -0.2) is 0 Å². The van der Waals surface area contributed by atoms with Gasteiger partial charge in [0.05, 0.1) is 5.92 Å². The highest BCUT2D eigenvalue weighted by molar-refractivity contribution is 5.73. The van der Waals surface area contributed by atoms with Gasteiger partial charge in [0.25, 0.3) is 5.89 Å². The first-order valence-electron chi connectivity index (χ1n) is 9.02. The molecule has 0 amide bonds. The number of rotatable bonds is 5. The van der Waals surface area contributed by atoms with Crippen LogP contribution in [0.3, 0.4) is 0 Å². The monoisotopic (exact) mass is 364 g/mol. The molecule has 1 aromatic heterocycles. The van der Waals surface area contributed by atoms with E-state index < -0.39 is 0 Å². The van der Waals surface area contributed by atoms with Crippen LogP contribution in [0.4, 0.5) is 0 Å². The van der Waals surface area contributed by atoms with Crippen molar-refractivity contribution < 1.29 is 18.8 Å². The van der Waals surface area contributed by atoms with Crippen LogP contribution in [0.15, 0.2) is 53.1 Å². The van der Waals surface area contributed by atoms with Gasteiger partial charge in [0.15, 0.2) is 6.61 Å². The number of esters is 1. The molecule has 0 saturated carbocycles. The minimum Gasteiger partial charge on any atom is -0.492 e. The van der Waals surface area contributed by atoms with Gasteiger partial charge in [0.1, 0.15) is 12.4 Å². The van der Waals surface area contributed by atoms with Gasteiger partial charge in [0.2, 0.25) is 5.82 Å². The lowest BCUT2D eigenvalue weighted by Crippen LogP contribution is -2.29. The molecule has 6 heteroatoms. The van der Waals surface area contributed by atoms with E-state index in [1.807, 2.05) is 48.5 Å². The van der Waals surface area contributed by atoms with Crippen LogP contribution in [0.25, 0.3) is 11.4 Å². The lowest BCUT2D eigenvalue weighted by Gasteiger charge is -2.23. The molecule has 2 heterocycles. The van der Waals surface area contributed by atoms with Gasteiger partial charge in [-0.05, 0) is 30.0 Å². The van der Waals surface area contributed by atoms with Crippen molar-refractivity contribution in [3.05, 3.63) is 65.5 Å². The Morgan fingerprint density at radius 3 is 2.81 bits per heavy atom. The van der Waals surface area contributed by atoms with Crippen LogP contribution in [0.1, 0.15) is 23.9 Å². The summed E-state index contributed by atoms with van der Waals surface area (Å²) in [5.74, 6) is 0.936. The standard InChI is InChI=1S/C21H20N2O4/c1-2-14-7-9-15(10-8-14)20-22-19(27-23-20)13-26-21(24)17-11-16-5-3-4-6-18(16)25-12-17/h3-10,17H,2,11-13H2,1H3/t17-/m0/s1. The molecule has 2 aromatic carbocycles. The summed E-state index contributed by atoms with van der Waals surface area (Å²) in [6.07, 6.45) is 1.58. The molecule has 0 N–H and O–H groups in total. The third kappa shape index (κ3) is 3.84. The number of benzene rings is 2. The van der Waals surface area contributed by atoms with Crippen LogP contribution in [-0.2, 0) is 29.0 Å². The van der Waals surface area contributed by atoms with E-state index in [0.717, 1.165) is 23.3 Å². The average Bonchev–Trinajstić information content (AvgIpc) is 3.21. The first kappa shape index (κ1) is 17.3. The lowest BCUT2D eigenvalue weighted by molar-refractivity contribution is -0.152. The van der Waals surface area contributed by atoms with E-state index in [-0.39, 0.29) is 24.4 Å². The Morgan fingerprint density at radius 2 is 2.00 bits per heavy atom. The van der Waals surface area contributed by atoms with Gasteiger partial charge in [0, 0.05) is 5.56 Å². The van der Waals surface area contributed by atoms with Crippen molar-refractivity contribution in [1.29, 1.82) is 0 Å². The summed E-state index contributed by atoms with van der Waals surface area (Å²) in [6, 6.07) is 15.7. The Hall–Kier alpha value is -3.15. The molecular weight excluding hydrogens is 344 g/mol. The van der Waals surface area contributed by atoms with Crippen LogP contribution in [-0.4, -0.2) is 22.7 Å². The first-order valence-corrected chi connectivity index (χ1v) is 9.02. The molecule has 1 atom stereocenters. The molecule has 0 fully saturated rings. The molecule has 3 aromatic rings. The van der Waals surface area contributed by atoms with Gasteiger partial charge in [-0.15, -0.1) is 0 Å². The van der Waals surface area contributed by atoms with Crippen LogP contribution in [0, 0.1) is 5.92 Å². The van der Waals surface area contributed by atoms with E-state index in [4.69, 9.17) is 14.0 Å². The number of aryl methyl sites for hydroxylation is 1. The Morgan fingerprint density at radius 1 is 1.19 bits per heavy atom. The zero-order valence-corrected chi connectivity index (χ0v) is 15.1. The minimum absolute atomic E-state index is 0.0446. The van der Waals surface area contributed by atoms with Crippen molar-refractivity contribution >= 4 is 5.97 Å². The summed E-state index contributed by atoms with van der Waals surface area (Å²) < 4.78 is 16.2. The highest BCUT2D eigenvalue weighted by Gasteiger charge is 2.27. The average molecular weight is 364 g/mol. The number of fused-ring (bicyclic) bond motifs is 1. The normalized spacial score (nSPS) is 15.7. The molecule has 138 valence electrons. The second kappa shape index (κ2) is 7.61. The van der Waals surface area contributed by atoms with Crippen LogP contribution in [0.2, 0.25) is 0 Å². The van der Waals surface area contributed by atoms with E-state index in [1.54, 1.807) is 0 Å². The molecule has 1 aliphatic heterocycles. The minimum atomic E-state index is -0.330. The van der Waals surface area contributed by atoms with Crippen molar-refractivity contribution in [3.8, 4) is 17.1 Å². The summed E-state index contributed by atoms with van der Waals surface area (Å²) in [5, 5.41) is 3.96. The second-order valence-electron chi connectivity index (χ2n) is 6.49. The van der Waals surface area contributed by atoms with E-state index in [2.05, 4.69) is 17.1 Å². The Kier molecular flexibility index (Phi) is 4.87. The fourth-order valence-corrected chi connectivity index (χ4v) is 3.05. The van der Waals surface area contributed by atoms with Gasteiger partial charge in [-0.3, -0.25) is 4.79 Å². The topological polar surface area (TPSA) is 74.5 Å². The van der Waals surface area contributed by atoms with E-state index >= 15 is 0 Å². The summed E-state index contributed by atoms with van der Waals surface area (Å²) in [7, 11) is 0. The lowest BCUT2D eigenvalue weighted by atomic mass is 9.97. The molecule has 0 spiro atoms. The zero-order valence-electron chi connectivity index (χ0n) is 15.1. The maximum Gasteiger partial charge on any atom is 0.313 e. The number of carbonyl (C=O) groups is 1. The van der Waals surface area contributed by atoms with Gasteiger partial charge >= 0.3 is 5.97 Å². The number of aromatic nitrogens is 2. The number of hydrogen-bond acceptors (Lipinski definition) is 6. The summed E-state index contributed by atoms with van der Waals surface area (Å²) in [5.41, 5.74) is 3.12. The number of nitrogens with zero attached hydrogens (tertiary/aromatic N) is 2. The molecule has 0 bridgehead atoms. The summed E-state index contributed by atoms with van der Waals surface area (Å²) in [6.45, 7) is 2.37.